The van der Waals surface area contributed by atoms with Gasteiger partial charge >= 0.3 is 0 Å². The lowest BCUT2D eigenvalue weighted by molar-refractivity contribution is -0.139. The van der Waals surface area contributed by atoms with Crippen molar-refractivity contribution < 1.29 is 29.3 Å². The molecule has 7 nitrogen and oxygen atoms in total. The summed E-state index contributed by atoms with van der Waals surface area (Å²) in [6.07, 6.45) is 2.00. The van der Waals surface area contributed by atoms with E-state index in [1.807, 2.05) is 19.9 Å². The van der Waals surface area contributed by atoms with Crippen LogP contribution in [0.25, 0.3) is 5.76 Å². The topological polar surface area (TPSA) is 96.3 Å². The van der Waals surface area contributed by atoms with Crippen LogP contribution in [-0.4, -0.2) is 53.2 Å². The Hall–Kier alpha value is -3.32. The lowest BCUT2D eigenvalue weighted by atomic mass is 9.95. The summed E-state index contributed by atoms with van der Waals surface area (Å²) in [4.78, 5) is 27.4. The van der Waals surface area contributed by atoms with Gasteiger partial charge in [0.25, 0.3) is 11.7 Å². The molecule has 7 heteroatoms. The maximum absolute atomic E-state index is 13.0. The number of carbonyl (C=O) groups excluding carboxylic acids is 2. The van der Waals surface area contributed by atoms with Crippen molar-refractivity contribution in [1.82, 2.24) is 4.90 Å². The number of ether oxygens (including phenoxy) is 2. The molecule has 2 aromatic rings. The molecule has 1 atom stereocenters. The molecule has 3 rings (SSSR count). The fourth-order valence-corrected chi connectivity index (χ4v) is 3.84. The second kappa shape index (κ2) is 11.5. The lowest BCUT2D eigenvalue weighted by Crippen LogP contribution is -2.30. The van der Waals surface area contributed by atoms with Gasteiger partial charge in [-0.15, -0.1) is 0 Å². The molecule has 33 heavy (non-hydrogen) atoms. The van der Waals surface area contributed by atoms with Crippen LogP contribution in [-0.2, 0) is 9.59 Å². The van der Waals surface area contributed by atoms with Crippen LogP contribution >= 0.6 is 0 Å². The molecule has 0 bridgehead atoms. The Kier molecular flexibility index (Phi) is 8.49. The molecular formula is C26H31NO6. The van der Waals surface area contributed by atoms with E-state index < -0.39 is 17.7 Å². The minimum atomic E-state index is -0.730. The van der Waals surface area contributed by atoms with Gasteiger partial charge in [0.1, 0.15) is 17.3 Å². The Morgan fingerprint density at radius 1 is 0.970 bits per heavy atom. The molecule has 1 aliphatic rings. The van der Waals surface area contributed by atoms with E-state index in [-0.39, 0.29) is 17.9 Å². The number of ketones is 1. The molecule has 1 unspecified atom stereocenters. The largest absolute Gasteiger partial charge is 0.507 e. The highest BCUT2D eigenvalue weighted by Crippen LogP contribution is 2.40. The first-order valence-electron chi connectivity index (χ1n) is 11.4. The van der Waals surface area contributed by atoms with Gasteiger partial charge < -0.3 is 24.6 Å². The third-order valence-corrected chi connectivity index (χ3v) is 5.33. The van der Waals surface area contributed by atoms with E-state index in [2.05, 4.69) is 0 Å². The molecule has 0 aromatic heterocycles. The van der Waals surface area contributed by atoms with E-state index in [9.17, 15) is 14.7 Å². The third-order valence-electron chi connectivity index (χ3n) is 5.33. The summed E-state index contributed by atoms with van der Waals surface area (Å²) in [5.74, 6) is -0.422. The normalized spacial score (nSPS) is 17.4. The number of amides is 1. The predicted molar refractivity (Wildman–Crippen MR) is 125 cm³/mol. The summed E-state index contributed by atoms with van der Waals surface area (Å²) in [6, 6.07) is 13.3. The Balaban J connectivity index is 2.06. The average molecular weight is 454 g/mol. The number of carbonyl (C=O) groups is 2. The summed E-state index contributed by atoms with van der Waals surface area (Å²) in [5, 5.41) is 20.2. The molecule has 2 aromatic carbocycles. The SMILES string of the molecule is CCCOc1cccc(/C(O)=C2/C(=O)C(=O)N(CCC)C2c2cccc(OCCCO)c2)c1. The number of hydrogen-bond acceptors (Lipinski definition) is 6. The first-order chi connectivity index (χ1) is 16.0. The third kappa shape index (κ3) is 5.54. The van der Waals surface area contributed by atoms with Crippen molar-refractivity contribution in [2.75, 3.05) is 26.4 Å². The molecule has 0 aliphatic carbocycles. The first kappa shape index (κ1) is 24.3. The quantitative estimate of drug-likeness (QED) is 0.230. The first-order valence-corrected chi connectivity index (χ1v) is 11.4. The van der Waals surface area contributed by atoms with E-state index in [0.717, 1.165) is 6.42 Å². The van der Waals surface area contributed by atoms with Crippen molar-refractivity contribution in [3.05, 3.63) is 65.2 Å². The Labute approximate surface area is 194 Å². The van der Waals surface area contributed by atoms with Crippen molar-refractivity contribution in [1.29, 1.82) is 0 Å². The number of benzene rings is 2. The van der Waals surface area contributed by atoms with Crippen LogP contribution in [0.5, 0.6) is 11.5 Å². The predicted octanol–water partition coefficient (Wildman–Crippen LogP) is 4.07. The Morgan fingerprint density at radius 3 is 2.36 bits per heavy atom. The van der Waals surface area contributed by atoms with Crippen LogP contribution in [0.15, 0.2) is 54.1 Å². The van der Waals surface area contributed by atoms with E-state index >= 15 is 0 Å². The highest BCUT2D eigenvalue weighted by molar-refractivity contribution is 6.46. The summed E-state index contributed by atoms with van der Waals surface area (Å²) >= 11 is 0. The number of likely N-dealkylation sites (tertiary alicyclic amines) is 1. The highest BCUT2D eigenvalue weighted by Gasteiger charge is 2.45. The maximum Gasteiger partial charge on any atom is 0.295 e. The van der Waals surface area contributed by atoms with Crippen molar-refractivity contribution in [3.63, 3.8) is 0 Å². The van der Waals surface area contributed by atoms with Crippen molar-refractivity contribution in [2.24, 2.45) is 0 Å². The summed E-state index contributed by atoms with van der Waals surface area (Å²) in [7, 11) is 0. The van der Waals surface area contributed by atoms with Crippen molar-refractivity contribution >= 4 is 17.4 Å². The van der Waals surface area contributed by atoms with Crippen LogP contribution in [0.4, 0.5) is 0 Å². The van der Waals surface area contributed by atoms with E-state index in [1.165, 1.54) is 4.90 Å². The van der Waals surface area contributed by atoms with Crippen LogP contribution in [0.2, 0.25) is 0 Å². The lowest BCUT2D eigenvalue weighted by Gasteiger charge is -2.25. The van der Waals surface area contributed by atoms with Crippen LogP contribution in [0.3, 0.4) is 0 Å². The minimum Gasteiger partial charge on any atom is -0.507 e. The molecule has 2 N–H and O–H groups in total. The van der Waals surface area contributed by atoms with Crippen LogP contribution in [0, 0.1) is 0 Å². The van der Waals surface area contributed by atoms with E-state index in [4.69, 9.17) is 14.6 Å². The molecule has 1 heterocycles. The number of Topliss-reactive ketones (excluding diaryl/α,β-unsaturated/α-hetero) is 1. The standard InChI is InChI=1S/C26H31NO6/c1-3-12-27-23(18-8-5-10-20(16-18)33-15-7-13-28)22(25(30)26(27)31)24(29)19-9-6-11-21(17-19)32-14-4-2/h5-6,8-11,16-17,23,28-29H,3-4,7,12-15H2,1-2H3/b24-22-. The highest BCUT2D eigenvalue weighted by atomic mass is 16.5. The van der Waals surface area contributed by atoms with Crippen LogP contribution < -0.4 is 9.47 Å². The molecule has 1 saturated heterocycles. The van der Waals surface area contributed by atoms with Crippen molar-refractivity contribution in [2.45, 2.75) is 39.2 Å². The van der Waals surface area contributed by atoms with Crippen molar-refractivity contribution in [3.8, 4) is 11.5 Å². The van der Waals surface area contributed by atoms with E-state index in [1.54, 1.807) is 42.5 Å². The molecule has 0 spiro atoms. The molecule has 1 amide bonds. The van der Waals surface area contributed by atoms with Gasteiger partial charge in [-0.2, -0.15) is 0 Å². The number of aliphatic hydroxyl groups is 2. The molecular weight excluding hydrogens is 422 g/mol. The van der Waals surface area contributed by atoms with Gasteiger partial charge in [0, 0.05) is 25.1 Å². The average Bonchev–Trinajstić information content (AvgIpc) is 3.08. The number of nitrogens with zero attached hydrogens (tertiary/aromatic N) is 1. The second-order valence-electron chi connectivity index (χ2n) is 7.87. The zero-order valence-electron chi connectivity index (χ0n) is 19.1. The fraction of sp³-hybridized carbons (Fsp3) is 0.385. The van der Waals surface area contributed by atoms with Gasteiger partial charge in [-0.3, -0.25) is 9.59 Å². The van der Waals surface area contributed by atoms with Gasteiger partial charge in [0.2, 0.25) is 0 Å². The minimum absolute atomic E-state index is 0.0252. The molecule has 1 fully saturated rings. The number of hydrogen-bond donors (Lipinski definition) is 2. The van der Waals surface area contributed by atoms with E-state index in [0.29, 0.717) is 55.2 Å². The Morgan fingerprint density at radius 2 is 1.67 bits per heavy atom. The zero-order chi connectivity index (χ0) is 23.8. The fourth-order valence-electron chi connectivity index (χ4n) is 3.84. The second-order valence-corrected chi connectivity index (χ2v) is 7.87. The van der Waals surface area contributed by atoms with Gasteiger partial charge in [-0.1, -0.05) is 38.1 Å². The zero-order valence-corrected chi connectivity index (χ0v) is 19.1. The monoisotopic (exact) mass is 453 g/mol. The number of aliphatic hydroxyl groups excluding tert-OH is 2. The maximum atomic E-state index is 13.0. The molecule has 0 saturated carbocycles. The Bertz CT molecular complexity index is 1020. The summed E-state index contributed by atoms with van der Waals surface area (Å²) in [6.45, 7) is 5.21. The molecule has 0 radical (unpaired) electrons. The summed E-state index contributed by atoms with van der Waals surface area (Å²) < 4.78 is 11.3. The molecule has 176 valence electrons. The van der Waals surface area contributed by atoms with Gasteiger partial charge in [-0.25, -0.2) is 0 Å². The van der Waals surface area contributed by atoms with Gasteiger partial charge in [0.05, 0.1) is 24.8 Å². The van der Waals surface area contributed by atoms with Crippen LogP contribution in [0.1, 0.15) is 50.3 Å². The number of rotatable bonds is 11. The van der Waals surface area contributed by atoms with Gasteiger partial charge in [-0.05, 0) is 42.7 Å². The summed E-state index contributed by atoms with van der Waals surface area (Å²) in [5.41, 5.74) is 1.14. The van der Waals surface area contributed by atoms with Gasteiger partial charge in [0.15, 0.2) is 0 Å². The smallest absolute Gasteiger partial charge is 0.295 e. The molecule has 1 aliphatic heterocycles.